The van der Waals surface area contributed by atoms with Gasteiger partial charge in [0.25, 0.3) is 0 Å². The molecule has 1 atom stereocenters. The Labute approximate surface area is 107 Å². The van der Waals surface area contributed by atoms with Gasteiger partial charge in [-0.25, -0.2) is 4.79 Å². The highest BCUT2D eigenvalue weighted by molar-refractivity contribution is 5.89. The summed E-state index contributed by atoms with van der Waals surface area (Å²) in [5, 5.41) is 3.40. The topological polar surface area (TPSA) is 41.6 Å². The van der Waals surface area contributed by atoms with E-state index in [9.17, 15) is 4.79 Å². The lowest BCUT2D eigenvalue weighted by atomic mass is 10.1. The van der Waals surface area contributed by atoms with Crippen molar-refractivity contribution in [1.82, 2.24) is 10.2 Å². The molecule has 0 spiro atoms. The van der Waals surface area contributed by atoms with Gasteiger partial charge in [-0.05, 0) is 36.2 Å². The molecule has 2 aliphatic heterocycles. The van der Waals surface area contributed by atoms with Crippen LogP contribution in [0.2, 0.25) is 0 Å². The van der Waals surface area contributed by atoms with Crippen LogP contribution in [0.1, 0.15) is 27.9 Å². The van der Waals surface area contributed by atoms with Crippen LogP contribution in [0.5, 0.6) is 0 Å². The predicted molar refractivity (Wildman–Crippen MR) is 68.3 cm³/mol. The number of fused-ring (bicyclic) bond motifs is 1. The fraction of sp³-hybridized carbons (Fsp3) is 0.500. The highest BCUT2D eigenvalue weighted by Crippen LogP contribution is 2.27. The molecule has 0 saturated carbocycles. The summed E-state index contributed by atoms with van der Waals surface area (Å²) in [7, 11) is 1.42. The maximum Gasteiger partial charge on any atom is 0.337 e. The minimum atomic E-state index is -0.251. The summed E-state index contributed by atoms with van der Waals surface area (Å²) >= 11 is 0. The van der Waals surface area contributed by atoms with Crippen molar-refractivity contribution in [3.8, 4) is 0 Å². The summed E-state index contributed by atoms with van der Waals surface area (Å²) in [4.78, 5) is 14.0. The van der Waals surface area contributed by atoms with Gasteiger partial charge >= 0.3 is 5.97 Å². The van der Waals surface area contributed by atoms with Gasteiger partial charge in [-0.1, -0.05) is 6.07 Å². The van der Waals surface area contributed by atoms with Crippen molar-refractivity contribution >= 4 is 5.97 Å². The molecule has 1 unspecified atom stereocenters. The van der Waals surface area contributed by atoms with Crippen LogP contribution in [0.3, 0.4) is 0 Å². The maximum atomic E-state index is 11.5. The molecular weight excluding hydrogens is 228 g/mol. The van der Waals surface area contributed by atoms with Crippen LogP contribution in [-0.4, -0.2) is 37.1 Å². The lowest BCUT2D eigenvalue weighted by Gasteiger charge is -2.21. The van der Waals surface area contributed by atoms with Crippen molar-refractivity contribution in [1.29, 1.82) is 0 Å². The lowest BCUT2D eigenvalue weighted by Crippen LogP contribution is -2.32. The zero-order valence-electron chi connectivity index (χ0n) is 10.6. The standard InChI is InChI=1S/C14H18N2O2/c1-18-14(17)10-2-3-11-8-16(9-12(11)6-10)13-4-5-15-7-13/h2-3,6,13,15H,4-5,7-9H2,1H3. The number of nitrogens with zero attached hydrogens (tertiary/aromatic N) is 1. The van der Waals surface area contributed by atoms with Crippen LogP contribution >= 0.6 is 0 Å². The number of hydrogen-bond donors (Lipinski definition) is 1. The molecule has 1 aromatic rings. The number of ether oxygens (including phenoxy) is 1. The first-order valence-electron chi connectivity index (χ1n) is 6.43. The van der Waals surface area contributed by atoms with E-state index in [0.29, 0.717) is 11.6 Å². The number of esters is 1. The molecule has 1 fully saturated rings. The first-order valence-corrected chi connectivity index (χ1v) is 6.43. The van der Waals surface area contributed by atoms with Gasteiger partial charge < -0.3 is 10.1 Å². The van der Waals surface area contributed by atoms with Gasteiger partial charge in [0.05, 0.1) is 12.7 Å². The molecule has 1 saturated heterocycles. The monoisotopic (exact) mass is 246 g/mol. The Morgan fingerprint density at radius 2 is 2.22 bits per heavy atom. The van der Waals surface area contributed by atoms with Crippen LogP contribution in [-0.2, 0) is 17.8 Å². The van der Waals surface area contributed by atoms with Gasteiger partial charge in [-0.2, -0.15) is 0 Å². The summed E-state index contributed by atoms with van der Waals surface area (Å²) in [6.07, 6.45) is 1.22. The molecule has 0 radical (unpaired) electrons. The molecule has 2 heterocycles. The summed E-state index contributed by atoms with van der Waals surface area (Å²) in [5.74, 6) is -0.251. The summed E-state index contributed by atoms with van der Waals surface area (Å²) in [6.45, 7) is 4.15. The van der Waals surface area contributed by atoms with E-state index in [-0.39, 0.29) is 5.97 Å². The molecule has 3 rings (SSSR count). The van der Waals surface area contributed by atoms with E-state index < -0.39 is 0 Å². The Morgan fingerprint density at radius 1 is 1.39 bits per heavy atom. The number of carbonyl (C=O) groups excluding carboxylic acids is 1. The molecular formula is C14H18N2O2. The second kappa shape index (κ2) is 4.71. The third-order valence-electron chi connectivity index (χ3n) is 3.92. The van der Waals surface area contributed by atoms with Crippen molar-refractivity contribution in [3.63, 3.8) is 0 Å². The molecule has 96 valence electrons. The molecule has 2 aliphatic rings. The molecule has 18 heavy (non-hydrogen) atoms. The number of carbonyl (C=O) groups is 1. The predicted octanol–water partition coefficient (Wildman–Crippen LogP) is 1.15. The fourth-order valence-corrected chi connectivity index (χ4v) is 2.87. The number of hydrogen-bond acceptors (Lipinski definition) is 4. The third-order valence-corrected chi connectivity index (χ3v) is 3.92. The normalized spacial score (nSPS) is 23.1. The Hall–Kier alpha value is -1.39. The average Bonchev–Trinajstić information content (AvgIpc) is 3.04. The van der Waals surface area contributed by atoms with Gasteiger partial charge in [-0.15, -0.1) is 0 Å². The van der Waals surface area contributed by atoms with Crippen LogP contribution in [0, 0.1) is 0 Å². The van der Waals surface area contributed by atoms with Gasteiger partial charge in [0.2, 0.25) is 0 Å². The third kappa shape index (κ3) is 2.02. The first kappa shape index (κ1) is 11.7. The van der Waals surface area contributed by atoms with Crippen molar-refractivity contribution in [2.24, 2.45) is 0 Å². The van der Waals surface area contributed by atoms with E-state index >= 15 is 0 Å². The summed E-state index contributed by atoms with van der Waals surface area (Å²) in [5.41, 5.74) is 3.27. The minimum Gasteiger partial charge on any atom is -0.465 e. The molecule has 0 aromatic heterocycles. The van der Waals surface area contributed by atoms with Gasteiger partial charge in [0, 0.05) is 25.7 Å². The van der Waals surface area contributed by atoms with Crippen molar-refractivity contribution in [2.45, 2.75) is 25.6 Å². The van der Waals surface area contributed by atoms with E-state index in [1.807, 2.05) is 12.1 Å². The zero-order chi connectivity index (χ0) is 12.5. The Balaban J connectivity index is 1.78. The van der Waals surface area contributed by atoms with Crippen LogP contribution < -0.4 is 5.32 Å². The minimum absolute atomic E-state index is 0.251. The highest BCUT2D eigenvalue weighted by Gasteiger charge is 2.28. The maximum absolute atomic E-state index is 11.5. The smallest absolute Gasteiger partial charge is 0.337 e. The van der Waals surface area contributed by atoms with E-state index in [2.05, 4.69) is 16.3 Å². The average molecular weight is 246 g/mol. The van der Waals surface area contributed by atoms with Crippen molar-refractivity contribution < 1.29 is 9.53 Å². The second-order valence-electron chi connectivity index (χ2n) is 5.03. The lowest BCUT2D eigenvalue weighted by molar-refractivity contribution is 0.0600. The van der Waals surface area contributed by atoms with Crippen LogP contribution in [0.4, 0.5) is 0 Å². The highest BCUT2D eigenvalue weighted by atomic mass is 16.5. The molecule has 0 amide bonds. The molecule has 1 aromatic carbocycles. The molecule has 4 heteroatoms. The van der Waals surface area contributed by atoms with E-state index in [0.717, 1.165) is 26.2 Å². The van der Waals surface area contributed by atoms with Crippen molar-refractivity contribution in [3.05, 3.63) is 34.9 Å². The number of methoxy groups -OCH3 is 1. The molecule has 0 bridgehead atoms. The summed E-state index contributed by atoms with van der Waals surface area (Å²) < 4.78 is 4.76. The number of nitrogens with one attached hydrogen (secondary N) is 1. The summed E-state index contributed by atoms with van der Waals surface area (Å²) in [6, 6.07) is 6.54. The Bertz CT molecular complexity index is 467. The van der Waals surface area contributed by atoms with Crippen molar-refractivity contribution in [2.75, 3.05) is 20.2 Å². The largest absolute Gasteiger partial charge is 0.465 e. The Kier molecular flexibility index (Phi) is 3.06. The second-order valence-corrected chi connectivity index (χ2v) is 5.03. The SMILES string of the molecule is COC(=O)c1ccc2c(c1)CN(C1CCNC1)C2. The molecule has 1 N–H and O–H groups in total. The Morgan fingerprint density at radius 3 is 2.94 bits per heavy atom. The molecule has 0 aliphatic carbocycles. The zero-order valence-corrected chi connectivity index (χ0v) is 10.6. The quantitative estimate of drug-likeness (QED) is 0.795. The van der Waals surface area contributed by atoms with E-state index in [1.54, 1.807) is 0 Å². The first-order chi connectivity index (χ1) is 8.78. The van der Waals surface area contributed by atoms with E-state index in [4.69, 9.17) is 4.74 Å². The van der Waals surface area contributed by atoms with Gasteiger partial charge in [-0.3, -0.25) is 4.90 Å². The number of rotatable bonds is 2. The number of benzene rings is 1. The molecule has 4 nitrogen and oxygen atoms in total. The van der Waals surface area contributed by atoms with Gasteiger partial charge in [0.1, 0.15) is 0 Å². The van der Waals surface area contributed by atoms with Gasteiger partial charge in [0.15, 0.2) is 0 Å². The van der Waals surface area contributed by atoms with Crippen LogP contribution in [0.15, 0.2) is 18.2 Å². The van der Waals surface area contributed by atoms with E-state index in [1.165, 1.54) is 24.7 Å². The fourth-order valence-electron chi connectivity index (χ4n) is 2.87. The van der Waals surface area contributed by atoms with Crippen LogP contribution in [0.25, 0.3) is 0 Å².